The van der Waals surface area contributed by atoms with Gasteiger partial charge in [0.05, 0.1) is 6.04 Å². The van der Waals surface area contributed by atoms with E-state index in [-0.39, 0.29) is 17.4 Å². The number of aromatic hydroxyl groups is 1. The number of phenols is 1. The highest BCUT2D eigenvalue weighted by atomic mass is 16.3. The lowest BCUT2D eigenvalue weighted by molar-refractivity contribution is -0.121. The molecule has 5 nitrogen and oxygen atoms in total. The van der Waals surface area contributed by atoms with E-state index in [4.69, 9.17) is 5.73 Å². The number of nitrogens with one attached hydrogen (secondary N) is 1. The van der Waals surface area contributed by atoms with Gasteiger partial charge in [0, 0.05) is 17.7 Å². The molecular formula is C40H56N2O3. The van der Waals surface area contributed by atoms with E-state index in [0.29, 0.717) is 30.5 Å². The molecule has 0 aliphatic rings. The molecule has 0 saturated heterocycles. The summed E-state index contributed by atoms with van der Waals surface area (Å²) in [7, 11) is 0. The first kappa shape index (κ1) is 35.9. The maximum Gasteiger partial charge on any atom is 0.251 e. The third-order valence-electron chi connectivity index (χ3n) is 8.81. The molecule has 0 bridgehead atoms. The number of benzene rings is 3. The van der Waals surface area contributed by atoms with Crippen molar-refractivity contribution >= 4 is 17.4 Å². The maximum atomic E-state index is 13.4. The summed E-state index contributed by atoms with van der Waals surface area (Å²) < 4.78 is 0. The molecule has 244 valence electrons. The topological polar surface area (TPSA) is 92.4 Å². The second kappa shape index (κ2) is 21.2. The summed E-state index contributed by atoms with van der Waals surface area (Å²) in [5.74, 6) is 0.116. The fraction of sp³-hybridized carbons (Fsp3) is 0.500. The monoisotopic (exact) mass is 612 g/mol. The third-order valence-corrected chi connectivity index (χ3v) is 8.81. The Hall–Kier alpha value is -3.60. The number of anilines is 1. The molecule has 0 aliphatic carbocycles. The van der Waals surface area contributed by atoms with E-state index in [0.717, 1.165) is 42.4 Å². The van der Waals surface area contributed by atoms with Crippen LogP contribution < -0.4 is 11.1 Å². The van der Waals surface area contributed by atoms with Crippen LogP contribution in [0, 0.1) is 0 Å². The van der Waals surface area contributed by atoms with Gasteiger partial charge in [0.2, 0.25) is 0 Å². The van der Waals surface area contributed by atoms with Crippen molar-refractivity contribution in [2.24, 2.45) is 0 Å². The standard InChI is InChI=1S/C40H56N2O3/c1-2-3-4-5-6-7-8-9-10-11-12-13-17-20-39(44)38(30-24-32-18-15-14-16-19-32)42-40(45)35-26-29-37(41)34(31-35)25-21-33-22-27-36(43)28-23-33/h14-16,18-19,22-23,26-29,31,38,43H,2-13,17,20-21,24-25,30,41H2,1H3,(H,42,45)/t38-/m0/s1. The van der Waals surface area contributed by atoms with E-state index in [1.807, 2.05) is 36.4 Å². The molecule has 3 aromatic carbocycles. The Morgan fingerprint density at radius 3 is 1.89 bits per heavy atom. The number of nitrogen functional groups attached to an aromatic ring is 1. The molecule has 5 heteroatoms. The highest BCUT2D eigenvalue weighted by Crippen LogP contribution is 2.20. The van der Waals surface area contributed by atoms with Gasteiger partial charge in [-0.1, -0.05) is 126 Å². The van der Waals surface area contributed by atoms with E-state index >= 15 is 0 Å². The second-order valence-electron chi connectivity index (χ2n) is 12.6. The summed E-state index contributed by atoms with van der Waals surface area (Å²) in [6.07, 6.45) is 19.7. The molecule has 1 atom stereocenters. The highest BCUT2D eigenvalue weighted by molar-refractivity contribution is 5.98. The first-order chi connectivity index (χ1) is 22.0. The fourth-order valence-corrected chi connectivity index (χ4v) is 5.91. The minimum absolute atomic E-state index is 0.116. The maximum absolute atomic E-state index is 13.4. The van der Waals surface area contributed by atoms with Crippen molar-refractivity contribution in [1.29, 1.82) is 0 Å². The predicted octanol–water partition coefficient (Wildman–Crippen LogP) is 9.54. The molecule has 0 unspecified atom stereocenters. The predicted molar refractivity (Wildman–Crippen MR) is 188 cm³/mol. The van der Waals surface area contributed by atoms with E-state index in [9.17, 15) is 14.7 Å². The van der Waals surface area contributed by atoms with Crippen LogP contribution in [0.4, 0.5) is 5.69 Å². The molecule has 0 spiro atoms. The molecule has 4 N–H and O–H groups in total. The average Bonchev–Trinajstić information content (AvgIpc) is 3.05. The average molecular weight is 613 g/mol. The number of phenolic OH excluding ortho intramolecular Hbond substituents is 1. The van der Waals surface area contributed by atoms with Gasteiger partial charge < -0.3 is 16.2 Å². The number of carbonyl (C=O) groups excluding carboxylic acids is 2. The number of unbranched alkanes of at least 4 members (excludes halogenated alkanes) is 12. The molecule has 0 heterocycles. The van der Waals surface area contributed by atoms with Crippen LogP contribution in [0.5, 0.6) is 5.75 Å². The number of aryl methyl sites for hydroxylation is 3. The van der Waals surface area contributed by atoms with Crippen molar-refractivity contribution in [3.63, 3.8) is 0 Å². The largest absolute Gasteiger partial charge is 0.508 e. The number of hydrogen-bond donors (Lipinski definition) is 3. The number of carbonyl (C=O) groups is 2. The first-order valence-electron chi connectivity index (χ1n) is 17.5. The molecule has 45 heavy (non-hydrogen) atoms. The van der Waals surface area contributed by atoms with Gasteiger partial charge >= 0.3 is 0 Å². The Labute approximate surface area is 272 Å². The van der Waals surface area contributed by atoms with Crippen molar-refractivity contribution in [2.45, 2.75) is 129 Å². The Morgan fingerprint density at radius 1 is 0.689 bits per heavy atom. The fourth-order valence-electron chi connectivity index (χ4n) is 5.91. The molecule has 0 aliphatic heterocycles. The van der Waals surface area contributed by atoms with Gasteiger partial charge in [-0.25, -0.2) is 0 Å². The minimum atomic E-state index is -0.520. The molecule has 0 aromatic heterocycles. The Morgan fingerprint density at radius 2 is 1.27 bits per heavy atom. The van der Waals surface area contributed by atoms with Gasteiger partial charge in [0.25, 0.3) is 5.91 Å². The summed E-state index contributed by atoms with van der Waals surface area (Å²) in [4.78, 5) is 26.8. The van der Waals surface area contributed by atoms with Crippen LogP contribution in [0.2, 0.25) is 0 Å². The summed E-state index contributed by atoms with van der Waals surface area (Å²) in [5.41, 5.74) is 10.6. The Bertz CT molecular complexity index is 1260. The zero-order chi connectivity index (χ0) is 32.1. The molecule has 0 fully saturated rings. The van der Waals surface area contributed by atoms with Crippen LogP contribution in [0.15, 0.2) is 72.8 Å². The van der Waals surface area contributed by atoms with Crippen LogP contribution in [0.1, 0.15) is 130 Å². The van der Waals surface area contributed by atoms with Crippen molar-refractivity contribution < 1.29 is 14.7 Å². The smallest absolute Gasteiger partial charge is 0.251 e. The quantitative estimate of drug-likeness (QED) is 0.0734. The third kappa shape index (κ3) is 14.4. The number of amides is 1. The van der Waals surface area contributed by atoms with Crippen LogP contribution in [0.25, 0.3) is 0 Å². The summed E-state index contributed by atoms with van der Waals surface area (Å²) >= 11 is 0. The molecule has 0 radical (unpaired) electrons. The van der Waals surface area contributed by atoms with Crippen molar-refractivity contribution in [2.75, 3.05) is 5.73 Å². The summed E-state index contributed by atoms with van der Waals surface area (Å²) in [6.45, 7) is 2.26. The lowest BCUT2D eigenvalue weighted by Gasteiger charge is -2.19. The minimum Gasteiger partial charge on any atom is -0.508 e. The van der Waals surface area contributed by atoms with Gasteiger partial charge in [-0.05, 0) is 79.1 Å². The summed E-state index contributed by atoms with van der Waals surface area (Å²) in [6, 6.07) is 22.1. The zero-order valence-corrected chi connectivity index (χ0v) is 27.6. The van der Waals surface area contributed by atoms with Crippen molar-refractivity contribution in [3.05, 3.63) is 95.1 Å². The first-order valence-corrected chi connectivity index (χ1v) is 17.5. The molecule has 1 amide bonds. The van der Waals surface area contributed by atoms with Gasteiger partial charge in [-0.3, -0.25) is 9.59 Å². The zero-order valence-electron chi connectivity index (χ0n) is 27.6. The Balaban J connectivity index is 1.47. The van der Waals surface area contributed by atoms with E-state index in [1.165, 1.54) is 70.6 Å². The summed E-state index contributed by atoms with van der Waals surface area (Å²) in [5, 5.41) is 12.6. The highest BCUT2D eigenvalue weighted by Gasteiger charge is 2.21. The number of hydrogen-bond acceptors (Lipinski definition) is 4. The van der Waals surface area contributed by atoms with Gasteiger partial charge in [-0.2, -0.15) is 0 Å². The second-order valence-corrected chi connectivity index (χ2v) is 12.6. The van der Waals surface area contributed by atoms with Gasteiger partial charge in [0.1, 0.15) is 5.75 Å². The lowest BCUT2D eigenvalue weighted by Crippen LogP contribution is -2.41. The number of nitrogens with two attached hydrogens (primary N) is 1. The number of rotatable bonds is 23. The SMILES string of the molecule is CCCCCCCCCCCCCCCC(=O)[C@H](CCc1ccccc1)NC(=O)c1ccc(N)c(CCc2ccc(O)cc2)c1. The van der Waals surface area contributed by atoms with Gasteiger partial charge in [0.15, 0.2) is 5.78 Å². The van der Waals surface area contributed by atoms with E-state index in [1.54, 1.807) is 24.3 Å². The van der Waals surface area contributed by atoms with Crippen LogP contribution in [-0.4, -0.2) is 22.8 Å². The molecular weight excluding hydrogens is 556 g/mol. The van der Waals surface area contributed by atoms with Crippen molar-refractivity contribution in [3.8, 4) is 5.75 Å². The van der Waals surface area contributed by atoms with Crippen molar-refractivity contribution in [1.82, 2.24) is 5.32 Å². The van der Waals surface area contributed by atoms with Crippen LogP contribution >= 0.6 is 0 Å². The normalized spacial score (nSPS) is 11.8. The van der Waals surface area contributed by atoms with Gasteiger partial charge in [-0.15, -0.1) is 0 Å². The lowest BCUT2D eigenvalue weighted by atomic mass is 9.97. The van der Waals surface area contributed by atoms with E-state index < -0.39 is 6.04 Å². The number of Topliss-reactive ketones (excluding diaryl/α,β-unsaturated/α-hetero) is 1. The molecule has 3 rings (SSSR count). The van der Waals surface area contributed by atoms with Crippen LogP contribution in [-0.2, 0) is 24.1 Å². The Kier molecular flexibility index (Phi) is 16.9. The number of ketones is 1. The van der Waals surface area contributed by atoms with Crippen LogP contribution in [0.3, 0.4) is 0 Å². The molecule has 0 saturated carbocycles. The molecule has 3 aromatic rings. The van der Waals surface area contributed by atoms with E-state index in [2.05, 4.69) is 24.4 Å².